The number of hydrogen-bond donors (Lipinski definition) is 0. The molecular weight excluding hydrogens is 338 g/mol. The van der Waals surface area contributed by atoms with Crippen molar-refractivity contribution in [3.05, 3.63) is 0 Å². The molecule has 1 spiro atoms. The van der Waals surface area contributed by atoms with Crippen molar-refractivity contribution < 1.29 is 28.8 Å². The fourth-order valence-electron chi connectivity index (χ4n) is 4.82. The summed E-state index contributed by atoms with van der Waals surface area (Å²) in [5, 5.41) is 0. The zero-order chi connectivity index (χ0) is 18.8. The topological polar surface area (TPSA) is 66.5 Å². The van der Waals surface area contributed by atoms with Crippen LogP contribution >= 0.6 is 0 Å². The maximum Gasteiger partial charge on any atom is 0.409 e. The predicted octanol–water partition coefficient (Wildman–Crippen LogP) is 3.47. The van der Waals surface area contributed by atoms with Gasteiger partial charge in [0.05, 0.1) is 6.61 Å². The molecule has 0 aromatic rings. The molecule has 7 nitrogen and oxygen atoms in total. The Morgan fingerprint density at radius 1 is 1.19 bits per heavy atom. The molecule has 3 heterocycles. The van der Waals surface area contributed by atoms with Gasteiger partial charge >= 0.3 is 6.09 Å². The Balaban J connectivity index is 1.70. The van der Waals surface area contributed by atoms with Crippen LogP contribution in [0.4, 0.5) is 4.79 Å². The van der Waals surface area contributed by atoms with Crippen molar-refractivity contribution in [1.82, 2.24) is 4.90 Å². The summed E-state index contributed by atoms with van der Waals surface area (Å²) >= 11 is 0. The third-order valence-electron chi connectivity index (χ3n) is 6.34. The summed E-state index contributed by atoms with van der Waals surface area (Å²) in [7, 11) is 1.66. The van der Waals surface area contributed by atoms with E-state index < -0.39 is 17.7 Å². The summed E-state index contributed by atoms with van der Waals surface area (Å²) in [4.78, 5) is 25.5. The van der Waals surface area contributed by atoms with Crippen molar-refractivity contribution in [3.63, 3.8) is 0 Å². The van der Waals surface area contributed by atoms with Gasteiger partial charge in [0.1, 0.15) is 0 Å². The average molecular weight is 371 g/mol. The summed E-state index contributed by atoms with van der Waals surface area (Å²) in [5.74, 6) is -0.254. The third-order valence-corrected chi connectivity index (χ3v) is 6.34. The van der Waals surface area contributed by atoms with E-state index in [0.717, 1.165) is 32.1 Å². The minimum absolute atomic E-state index is 0.165. The van der Waals surface area contributed by atoms with Crippen molar-refractivity contribution in [2.24, 2.45) is 11.8 Å². The summed E-state index contributed by atoms with van der Waals surface area (Å²) in [6.45, 7) is 7.48. The molecule has 4 fully saturated rings. The van der Waals surface area contributed by atoms with E-state index in [0.29, 0.717) is 32.0 Å². The van der Waals surface area contributed by atoms with Crippen LogP contribution in [-0.2, 0) is 24.0 Å². The monoisotopic (exact) mass is 371 g/mol. The van der Waals surface area contributed by atoms with Crippen LogP contribution in [0.3, 0.4) is 0 Å². The summed E-state index contributed by atoms with van der Waals surface area (Å²) < 4.78 is 17.4. The average Bonchev–Trinajstić information content (AvgIpc) is 2.87. The Bertz CT molecular complexity index is 498. The number of hydrogen-bond acceptors (Lipinski definition) is 6. The molecule has 1 amide bonds. The lowest BCUT2D eigenvalue weighted by Crippen LogP contribution is -2.63. The number of rotatable bonds is 6. The zero-order valence-electron chi connectivity index (χ0n) is 16.5. The smallest absolute Gasteiger partial charge is 0.409 e. The number of nitrogens with zero attached hydrogens (tertiary/aromatic N) is 1. The largest absolute Gasteiger partial charge is 0.449 e. The quantitative estimate of drug-likeness (QED) is 0.666. The minimum atomic E-state index is -0.747. The number of carbonyl (C=O) groups excluding carboxylic acids is 1. The van der Waals surface area contributed by atoms with Gasteiger partial charge in [0.15, 0.2) is 11.9 Å². The van der Waals surface area contributed by atoms with Crippen LogP contribution < -0.4 is 0 Å². The molecule has 150 valence electrons. The molecule has 7 heteroatoms. The first-order valence-electron chi connectivity index (χ1n) is 9.98. The lowest BCUT2D eigenvalue weighted by Gasteiger charge is -2.53. The molecule has 2 bridgehead atoms. The summed E-state index contributed by atoms with van der Waals surface area (Å²) in [6, 6.07) is 0. The Hall–Kier alpha value is -0.890. The van der Waals surface area contributed by atoms with Crippen molar-refractivity contribution in [1.29, 1.82) is 0 Å². The fraction of sp³-hybridized carbons (Fsp3) is 0.947. The molecule has 1 aliphatic carbocycles. The van der Waals surface area contributed by atoms with E-state index in [1.165, 1.54) is 0 Å². The molecule has 0 aromatic carbocycles. The molecule has 5 atom stereocenters. The number of fused-ring (bicyclic) bond motifs is 3. The highest BCUT2D eigenvalue weighted by atomic mass is 17.3. The number of ether oxygens (including phenoxy) is 3. The van der Waals surface area contributed by atoms with Crippen LogP contribution in [0.2, 0.25) is 0 Å². The van der Waals surface area contributed by atoms with Gasteiger partial charge < -0.3 is 19.1 Å². The van der Waals surface area contributed by atoms with Crippen molar-refractivity contribution in [2.45, 2.75) is 77.0 Å². The number of carbonyl (C=O) groups is 1. The van der Waals surface area contributed by atoms with Crippen molar-refractivity contribution >= 4 is 6.09 Å². The SMILES string of the molecule is CCN(CC)C(=O)OCC[C@@H]1CCC[C@@H]2CC[C@@]3(C)OO[C@]21[C@@H](OC)O3. The van der Waals surface area contributed by atoms with Gasteiger partial charge in [-0.05, 0) is 58.3 Å². The lowest BCUT2D eigenvalue weighted by atomic mass is 9.65. The molecule has 4 rings (SSSR count). The molecule has 0 unspecified atom stereocenters. The Morgan fingerprint density at radius 3 is 2.65 bits per heavy atom. The molecule has 4 aliphatic rings. The van der Waals surface area contributed by atoms with E-state index in [-0.39, 0.29) is 12.0 Å². The van der Waals surface area contributed by atoms with Gasteiger partial charge in [-0.15, -0.1) is 0 Å². The second-order valence-corrected chi connectivity index (χ2v) is 7.78. The second-order valence-electron chi connectivity index (χ2n) is 7.78. The Morgan fingerprint density at radius 2 is 1.96 bits per heavy atom. The molecule has 0 N–H and O–H groups in total. The highest BCUT2D eigenvalue weighted by molar-refractivity contribution is 5.67. The van der Waals surface area contributed by atoms with Crippen LogP contribution in [0, 0.1) is 11.8 Å². The molecule has 0 radical (unpaired) electrons. The van der Waals surface area contributed by atoms with Crippen LogP contribution in [0.25, 0.3) is 0 Å². The van der Waals surface area contributed by atoms with Gasteiger partial charge in [-0.2, -0.15) is 0 Å². The van der Waals surface area contributed by atoms with E-state index in [9.17, 15) is 4.79 Å². The molecule has 1 saturated carbocycles. The van der Waals surface area contributed by atoms with Crippen molar-refractivity contribution in [3.8, 4) is 0 Å². The first-order valence-corrected chi connectivity index (χ1v) is 9.98. The maximum atomic E-state index is 12.1. The van der Waals surface area contributed by atoms with Gasteiger partial charge in [-0.25, -0.2) is 14.6 Å². The van der Waals surface area contributed by atoms with E-state index in [1.807, 2.05) is 20.8 Å². The van der Waals surface area contributed by atoms with E-state index in [2.05, 4.69) is 0 Å². The van der Waals surface area contributed by atoms with Gasteiger partial charge in [0.25, 0.3) is 0 Å². The summed E-state index contributed by atoms with van der Waals surface area (Å²) in [6.07, 6.45) is 4.99. The standard InChI is InChI=1S/C19H33NO6/c1-5-20(6-2)17(21)23-13-11-15-9-7-8-14-10-12-18(3)24-16(22-4)19(14,15)26-25-18/h14-16H,5-13H2,1-4H3/t14-,15+,16+,18-,19-/m1/s1. The van der Waals surface area contributed by atoms with Crippen LogP contribution in [-0.4, -0.2) is 55.5 Å². The van der Waals surface area contributed by atoms with Crippen molar-refractivity contribution in [2.75, 3.05) is 26.8 Å². The Labute approximate surface area is 156 Å². The van der Waals surface area contributed by atoms with Crippen LogP contribution in [0.15, 0.2) is 0 Å². The fourth-order valence-corrected chi connectivity index (χ4v) is 4.82. The highest BCUT2D eigenvalue weighted by Gasteiger charge is 2.63. The molecular formula is C19H33NO6. The van der Waals surface area contributed by atoms with E-state index in [4.69, 9.17) is 24.0 Å². The summed E-state index contributed by atoms with van der Waals surface area (Å²) in [5.41, 5.74) is -0.620. The zero-order valence-corrected chi connectivity index (χ0v) is 16.5. The van der Waals surface area contributed by atoms with Gasteiger partial charge in [-0.1, -0.05) is 6.42 Å². The molecule has 3 aliphatic heterocycles. The molecule has 26 heavy (non-hydrogen) atoms. The highest BCUT2D eigenvalue weighted by Crippen LogP contribution is 2.55. The third kappa shape index (κ3) is 3.46. The lowest BCUT2D eigenvalue weighted by molar-refractivity contribution is -0.554. The second kappa shape index (κ2) is 8.00. The van der Waals surface area contributed by atoms with Crippen LogP contribution in [0.1, 0.15) is 59.3 Å². The van der Waals surface area contributed by atoms with E-state index in [1.54, 1.807) is 12.0 Å². The number of methoxy groups -OCH3 is 1. The predicted molar refractivity (Wildman–Crippen MR) is 94.1 cm³/mol. The first kappa shape index (κ1) is 19.9. The normalized spacial score (nSPS) is 39.2. The van der Waals surface area contributed by atoms with Gasteiger partial charge in [-0.3, -0.25) is 0 Å². The van der Waals surface area contributed by atoms with E-state index >= 15 is 0 Å². The minimum Gasteiger partial charge on any atom is -0.449 e. The van der Waals surface area contributed by atoms with Gasteiger partial charge in [0, 0.05) is 26.6 Å². The first-order chi connectivity index (χ1) is 12.5. The Kier molecular flexibility index (Phi) is 6.11. The molecule has 0 aromatic heterocycles. The molecule has 3 saturated heterocycles. The van der Waals surface area contributed by atoms with Crippen LogP contribution in [0.5, 0.6) is 0 Å². The van der Waals surface area contributed by atoms with Gasteiger partial charge in [0.2, 0.25) is 5.79 Å². The maximum absolute atomic E-state index is 12.1. The number of amides is 1.